The van der Waals surface area contributed by atoms with E-state index in [1.54, 1.807) is 18.1 Å². The van der Waals surface area contributed by atoms with E-state index in [-0.39, 0.29) is 22.6 Å². The number of likely N-dealkylation sites (tertiary alicyclic amines) is 1. The number of benzene rings is 1. The Labute approximate surface area is 192 Å². The van der Waals surface area contributed by atoms with E-state index in [4.69, 9.17) is 9.88 Å². The summed E-state index contributed by atoms with van der Waals surface area (Å²) < 4.78 is 28.6. The number of para-hydroxylation sites is 1. The first-order valence-electron chi connectivity index (χ1n) is 10.6. The topological polar surface area (TPSA) is 119 Å². The van der Waals surface area contributed by atoms with Crippen molar-refractivity contribution >= 4 is 33.2 Å². The van der Waals surface area contributed by atoms with Gasteiger partial charge in [0.15, 0.2) is 0 Å². The van der Waals surface area contributed by atoms with Crippen molar-refractivity contribution in [3.63, 3.8) is 0 Å². The van der Waals surface area contributed by atoms with Crippen LogP contribution in [0.15, 0.2) is 40.6 Å². The van der Waals surface area contributed by atoms with Crippen molar-refractivity contribution in [3.8, 4) is 5.75 Å². The molecule has 0 bridgehead atoms. The van der Waals surface area contributed by atoms with Crippen LogP contribution in [0.3, 0.4) is 0 Å². The number of amides is 2. The third-order valence-electron chi connectivity index (χ3n) is 5.61. The highest BCUT2D eigenvalue weighted by atomic mass is 32.2. The number of nitrogens with one attached hydrogen (secondary N) is 1. The Morgan fingerprint density at radius 3 is 2.69 bits per heavy atom. The molecule has 0 radical (unpaired) electrons. The lowest BCUT2D eigenvalue weighted by atomic mass is 9.83. The molecule has 1 aliphatic rings. The molecule has 1 aromatic heterocycles. The Morgan fingerprint density at radius 2 is 2.03 bits per heavy atom. The Bertz CT molecular complexity index is 1070. The molecule has 3 rings (SSSR count). The number of thiophene rings is 1. The molecule has 32 heavy (non-hydrogen) atoms. The minimum atomic E-state index is -3.77. The molecule has 2 amide bonds. The van der Waals surface area contributed by atoms with E-state index in [1.165, 1.54) is 6.07 Å². The molecular formula is C22H29N3O5S2. The van der Waals surface area contributed by atoms with Crippen molar-refractivity contribution in [1.82, 2.24) is 10.2 Å². The van der Waals surface area contributed by atoms with E-state index in [1.807, 2.05) is 24.3 Å². The lowest BCUT2D eigenvalue weighted by molar-refractivity contribution is -0.143. The lowest BCUT2D eigenvalue weighted by Crippen LogP contribution is -2.48. The van der Waals surface area contributed by atoms with E-state index < -0.39 is 22.0 Å². The summed E-state index contributed by atoms with van der Waals surface area (Å²) >= 11 is 1.03. The maximum absolute atomic E-state index is 13.3. The molecular weight excluding hydrogens is 450 g/mol. The van der Waals surface area contributed by atoms with Gasteiger partial charge in [-0.1, -0.05) is 31.5 Å². The van der Waals surface area contributed by atoms with Crippen molar-refractivity contribution in [3.05, 3.63) is 46.8 Å². The monoisotopic (exact) mass is 479 g/mol. The summed E-state index contributed by atoms with van der Waals surface area (Å²) in [4.78, 5) is 28.6. The number of ether oxygens (including phenoxy) is 1. The average Bonchev–Trinajstić information content (AvgIpc) is 3.26. The summed E-state index contributed by atoms with van der Waals surface area (Å²) in [7, 11) is -2.19. The van der Waals surface area contributed by atoms with Gasteiger partial charge in [-0.3, -0.25) is 9.59 Å². The standard InChI is InChI=1S/C22H29N3O5S2/c1-3-4-13-25-19(26)11-10-17(21(25)16-7-5-6-8-18(16)30-2)22(27)24-14-15-9-12-20(31-15)32(23,28)29/h5-9,12,17,21H,3-4,10-11,13-14H2,1-2H3,(H,24,27)(H2,23,28,29). The van der Waals surface area contributed by atoms with Gasteiger partial charge < -0.3 is 15.0 Å². The molecule has 0 spiro atoms. The molecule has 0 saturated carbocycles. The van der Waals surface area contributed by atoms with Gasteiger partial charge in [0.05, 0.1) is 25.6 Å². The number of piperidine rings is 1. The number of methoxy groups -OCH3 is 1. The zero-order valence-electron chi connectivity index (χ0n) is 18.2. The Kier molecular flexibility index (Phi) is 7.91. The molecule has 8 nitrogen and oxygen atoms in total. The average molecular weight is 480 g/mol. The minimum Gasteiger partial charge on any atom is -0.496 e. The van der Waals surface area contributed by atoms with Crippen LogP contribution in [0.4, 0.5) is 0 Å². The Hall–Kier alpha value is -2.43. The molecule has 10 heteroatoms. The molecule has 1 saturated heterocycles. The predicted octanol–water partition coefficient (Wildman–Crippen LogP) is 2.80. The summed E-state index contributed by atoms with van der Waals surface area (Å²) in [6.45, 7) is 2.83. The highest BCUT2D eigenvalue weighted by molar-refractivity contribution is 7.91. The molecule has 1 fully saturated rings. The fourth-order valence-electron chi connectivity index (χ4n) is 4.03. The predicted molar refractivity (Wildman–Crippen MR) is 123 cm³/mol. The number of carbonyl (C=O) groups is 2. The highest BCUT2D eigenvalue weighted by Crippen LogP contribution is 2.41. The van der Waals surface area contributed by atoms with E-state index in [2.05, 4.69) is 12.2 Å². The number of hydrogen-bond donors (Lipinski definition) is 2. The summed E-state index contributed by atoms with van der Waals surface area (Å²) in [5.74, 6) is 0.0518. The Morgan fingerprint density at radius 1 is 1.28 bits per heavy atom. The highest BCUT2D eigenvalue weighted by Gasteiger charge is 2.41. The number of sulfonamides is 1. The van der Waals surface area contributed by atoms with E-state index >= 15 is 0 Å². The third kappa shape index (κ3) is 5.48. The molecule has 2 atom stereocenters. The first-order chi connectivity index (χ1) is 15.3. The van der Waals surface area contributed by atoms with Crippen LogP contribution in [0.2, 0.25) is 0 Å². The molecule has 2 aromatic rings. The fourth-order valence-corrected chi connectivity index (χ4v) is 5.74. The van der Waals surface area contributed by atoms with Crippen molar-refractivity contribution in [2.75, 3.05) is 13.7 Å². The lowest BCUT2D eigenvalue weighted by Gasteiger charge is -2.41. The van der Waals surface area contributed by atoms with Gasteiger partial charge in [-0.15, -0.1) is 11.3 Å². The van der Waals surface area contributed by atoms with Crippen LogP contribution in [0.5, 0.6) is 5.75 Å². The van der Waals surface area contributed by atoms with Crippen LogP contribution in [-0.4, -0.2) is 38.8 Å². The summed E-state index contributed by atoms with van der Waals surface area (Å²) in [5, 5.41) is 8.09. The number of unbranched alkanes of at least 4 members (excludes halogenated alkanes) is 1. The van der Waals surface area contributed by atoms with Crippen LogP contribution in [0.1, 0.15) is 49.1 Å². The molecule has 0 aliphatic carbocycles. The van der Waals surface area contributed by atoms with Gasteiger partial charge in [0.2, 0.25) is 21.8 Å². The number of nitrogens with two attached hydrogens (primary N) is 1. The minimum absolute atomic E-state index is 0.0365. The summed E-state index contributed by atoms with van der Waals surface area (Å²) in [5.41, 5.74) is 0.812. The van der Waals surface area contributed by atoms with Gasteiger partial charge in [-0.25, -0.2) is 13.6 Å². The van der Waals surface area contributed by atoms with E-state index in [9.17, 15) is 18.0 Å². The largest absolute Gasteiger partial charge is 0.496 e. The maximum Gasteiger partial charge on any atom is 0.247 e. The summed E-state index contributed by atoms with van der Waals surface area (Å²) in [6, 6.07) is 10.1. The van der Waals surface area contributed by atoms with Crippen molar-refractivity contribution < 1.29 is 22.7 Å². The zero-order chi connectivity index (χ0) is 23.3. The molecule has 2 unspecified atom stereocenters. The van der Waals surface area contributed by atoms with Crippen molar-refractivity contribution in [1.29, 1.82) is 0 Å². The van der Waals surface area contributed by atoms with Gasteiger partial charge in [0.25, 0.3) is 0 Å². The normalized spacial score (nSPS) is 19.1. The van der Waals surface area contributed by atoms with Crippen LogP contribution >= 0.6 is 11.3 Å². The van der Waals surface area contributed by atoms with Gasteiger partial charge in [0, 0.05) is 23.4 Å². The van der Waals surface area contributed by atoms with Gasteiger partial charge in [-0.2, -0.15) is 0 Å². The third-order valence-corrected chi connectivity index (χ3v) is 8.13. The van der Waals surface area contributed by atoms with E-state index in [0.717, 1.165) is 29.7 Å². The number of primary sulfonamides is 1. The van der Waals surface area contributed by atoms with Crippen LogP contribution in [0, 0.1) is 5.92 Å². The molecule has 1 aromatic carbocycles. The summed E-state index contributed by atoms with van der Waals surface area (Å²) in [6.07, 6.45) is 2.52. The first kappa shape index (κ1) is 24.2. The second-order valence-corrected chi connectivity index (χ2v) is 10.7. The number of carbonyl (C=O) groups excluding carboxylic acids is 2. The van der Waals surface area contributed by atoms with E-state index in [0.29, 0.717) is 30.0 Å². The molecule has 1 aliphatic heterocycles. The maximum atomic E-state index is 13.3. The number of hydrogen-bond acceptors (Lipinski definition) is 6. The fraction of sp³-hybridized carbons (Fsp3) is 0.455. The van der Waals surface area contributed by atoms with Crippen molar-refractivity contribution in [2.45, 2.75) is 49.4 Å². The second-order valence-electron chi connectivity index (χ2n) is 7.76. The zero-order valence-corrected chi connectivity index (χ0v) is 19.9. The van der Waals surface area contributed by atoms with Gasteiger partial charge >= 0.3 is 0 Å². The van der Waals surface area contributed by atoms with Crippen LogP contribution in [0.25, 0.3) is 0 Å². The van der Waals surface area contributed by atoms with Gasteiger partial charge in [0.1, 0.15) is 9.96 Å². The van der Waals surface area contributed by atoms with Crippen LogP contribution in [-0.2, 0) is 26.2 Å². The second kappa shape index (κ2) is 10.5. The molecule has 2 heterocycles. The molecule has 3 N–H and O–H groups in total. The number of rotatable bonds is 9. The quantitative estimate of drug-likeness (QED) is 0.573. The van der Waals surface area contributed by atoms with Gasteiger partial charge in [-0.05, 0) is 31.0 Å². The van der Waals surface area contributed by atoms with Crippen molar-refractivity contribution in [2.24, 2.45) is 11.1 Å². The van der Waals surface area contributed by atoms with Crippen LogP contribution < -0.4 is 15.2 Å². The molecule has 174 valence electrons. The SMILES string of the molecule is CCCCN1C(=O)CCC(C(=O)NCc2ccc(S(N)(=O)=O)s2)C1c1ccccc1OC. The smallest absolute Gasteiger partial charge is 0.247 e. The first-order valence-corrected chi connectivity index (χ1v) is 12.9. The Balaban J connectivity index is 1.85. The number of nitrogens with zero attached hydrogens (tertiary/aromatic N) is 1.